The molecule has 0 fully saturated rings. The number of aliphatic carboxylic acids is 1. The van der Waals surface area contributed by atoms with Crippen LogP contribution in [0.5, 0.6) is 0 Å². The van der Waals surface area contributed by atoms with Crippen LogP contribution in [0.25, 0.3) is 10.9 Å². The number of hydrogen-bond acceptors (Lipinski definition) is 4. The lowest BCUT2D eigenvalue weighted by atomic mass is 10.0. The first-order valence-corrected chi connectivity index (χ1v) is 7.79. The molecule has 0 radical (unpaired) electrons. The predicted octanol–water partition coefficient (Wildman–Crippen LogP) is 2.50. The van der Waals surface area contributed by atoms with Gasteiger partial charge in [0.25, 0.3) is 11.6 Å². The summed E-state index contributed by atoms with van der Waals surface area (Å²) in [6.45, 7) is 0. The minimum absolute atomic E-state index is 0.0473. The van der Waals surface area contributed by atoms with Gasteiger partial charge in [0, 0.05) is 29.6 Å². The number of aromatic amines is 1. The smallest absolute Gasteiger partial charge is 0.326 e. The van der Waals surface area contributed by atoms with Gasteiger partial charge in [-0.05, 0) is 17.7 Å². The molecule has 132 valence electrons. The Labute approximate surface area is 147 Å². The van der Waals surface area contributed by atoms with E-state index in [2.05, 4.69) is 10.3 Å². The molecule has 0 aliphatic rings. The van der Waals surface area contributed by atoms with E-state index in [9.17, 15) is 24.8 Å². The normalized spacial score (nSPS) is 11.8. The van der Waals surface area contributed by atoms with Gasteiger partial charge in [-0.3, -0.25) is 14.9 Å². The molecule has 0 unspecified atom stereocenters. The van der Waals surface area contributed by atoms with Crippen LogP contribution in [0.3, 0.4) is 0 Å². The lowest BCUT2D eigenvalue weighted by Crippen LogP contribution is -2.42. The van der Waals surface area contributed by atoms with Gasteiger partial charge < -0.3 is 15.4 Å². The molecule has 0 saturated carbocycles. The second-order valence-corrected chi connectivity index (χ2v) is 5.70. The van der Waals surface area contributed by atoms with Crippen LogP contribution in [-0.2, 0) is 11.2 Å². The topological polar surface area (TPSA) is 125 Å². The maximum Gasteiger partial charge on any atom is 0.326 e. The Hall–Kier alpha value is -3.68. The van der Waals surface area contributed by atoms with Gasteiger partial charge in [0.2, 0.25) is 0 Å². The van der Waals surface area contributed by atoms with Gasteiger partial charge in [-0.1, -0.05) is 30.3 Å². The number of para-hydroxylation sites is 2. The fourth-order valence-electron chi connectivity index (χ4n) is 2.78. The zero-order chi connectivity index (χ0) is 18.7. The molecular formula is C18H15N3O5. The van der Waals surface area contributed by atoms with E-state index in [4.69, 9.17) is 0 Å². The SMILES string of the molecule is O=C(N[C@@H](Cc1c[nH]c2ccccc12)C(=O)O)c1ccccc1[N+](=O)[O-]. The Bertz CT molecular complexity index is 995. The third kappa shape index (κ3) is 3.39. The van der Waals surface area contributed by atoms with Gasteiger partial charge >= 0.3 is 5.97 Å². The van der Waals surface area contributed by atoms with Gasteiger partial charge in [-0.25, -0.2) is 4.79 Å². The van der Waals surface area contributed by atoms with E-state index in [1.54, 1.807) is 6.20 Å². The second-order valence-electron chi connectivity index (χ2n) is 5.70. The highest BCUT2D eigenvalue weighted by Gasteiger charge is 2.26. The van der Waals surface area contributed by atoms with Crippen LogP contribution >= 0.6 is 0 Å². The molecule has 26 heavy (non-hydrogen) atoms. The number of rotatable bonds is 6. The van der Waals surface area contributed by atoms with Crippen LogP contribution in [-0.4, -0.2) is 32.9 Å². The van der Waals surface area contributed by atoms with E-state index in [0.717, 1.165) is 16.5 Å². The molecule has 3 rings (SSSR count). The summed E-state index contributed by atoms with van der Waals surface area (Å²) in [6.07, 6.45) is 1.74. The van der Waals surface area contributed by atoms with Gasteiger partial charge in [0.1, 0.15) is 11.6 Å². The van der Waals surface area contributed by atoms with Crippen LogP contribution < -0.4 is 5.32 Å². The van der Waals surface area contributed by atoms with Crippen molar-refractivity contribution in [2.75, 3.05) is 0 Å². The number of carbonyl (C=O) groups is 2. The van der Waals surface area contributed by atoms with Crippen molar-refractivity contribution < 1.29 is 19.6 Å². The quantitative estimate of drug-likeness (QED) is 0.464. The summed E-state index contributed by atoms with van der Waals surface area (Å²) in [4.78, 5) is 37.4. The summed E-state index contributed by atoms with van der Waals surface area (Å²) in [6, 6.07) is 11.6. The van der Waals surface area contributed by atoms with E-state index in [1.807, 2.05) is 24.3 Å². The summed E-state index contributed by atoms with van der Waals surface area (Å²) >= 11 is 0. The number of H-pyrrole nitrogens is 1. The standard InChI is InChI=1S/C18H15N3O5/c22-17(13-6-2-4-8-16(13)21(25)26)20-15(18(23)24)9-11-10-19-14-7-3-1-5-12(11)14/h1-8,10,15,19H,9H2,(H,20,22)(H,23,24)/t15-/m0/s1. The highest BCUT2D eigenvalue weighted by Crippen LogP contribution is 2.20. The second kappa shape index (κ2) is 7.06. The number of benzene rings is 2. The van der Waals surface area contributed by atoms with Gasteiger partial charge in [0.05, 0.1) is 4.92 Å². The largest absolute Gasteiger partial charge is 0.480 e. The molecule has 0 aliphatic heterocycles. The highest BCUT2D eigenvalue weighted by atomic mass is 16.6. The molecule has 3 N–H and O–H groups in total. The molecule has 1 atom stereocenters. The molecule has 8 heteroatoms. The summed E-state index contributed by atoms with van der Waals surface area (Å²) < 4.78 is 0. The van der Waals surface area contributed by atoms with Gasteiger partial charge in [0.15, 0.2) is 0 Å². The Morgan fingerprint density at radius 1 is 1.15 bits per heavy atom. The van der Waals surface area contributed by atoms with Crippen molar-refractivity contribution in [3.05, 3.63) is 76.0 Å². The molecule has 8 nitrogen and oxygen atoms in total. The summed E-state index contributed by atoms with van der Waals surface area (Å²) in [5.41, 5.74) is 1.04. The van der Waals surface area contributed by atoms with Crippen molar-refractivity contribution in [3.63, 3.8) is 0 Å². The van der Waals surface area contributed by atoms with Crippen molar-refractivity contribution in [2.24, 2.45) is 0 Å². The van der Waals surface area contributed by atoms with E-state index in [0.29, 0.717) is 0 Å². The Kier molecular flexibility index (Phi) is 4.66. The summed E-state index contributed by atoms with van der Waals surface area (Å²) in [7, 11) is 0. The fourth-order valence-corrected chi connectivity index (χ4v) is 2.78. The molecule has 0 saturated heterocycles. The minimum atomic E-state index is -1.22. The van der Waals surface area contributed by atoms with Crippen molar-refractivity contribution in [2.45, 2.75) is 12.5 Å². The molecule has 1 aromatic heterocycles. The number of hydrogen-bond donors (Lipinski definition) is 3. The van der Waals surface area contributed by atoms with E-state index in [-0.39, 0.29) is 17.7 Å². The molecular weight excluding hydrogens is 338 g/mol. The lowest BCUT2D eigenvalue weighted by Gasteiger charge is -2.14. The zero-order valence-corrected chi connectivity index (χ0v) is 13.5. The lowest BCUT2D eigenvalue weighted by molar-refractivity contribution is -0.385. The molecule has 1 heterocycles. The van der Waals surface area contributed by atoms with E-state index >= 15 is 0 Å². The third-order valence-electron chi connectivity index (χ3n) is 4.05. The number of nitro benzene ring substituents is 1. The van der Waals surface area contributed by atoms with Crippen LogP contribution in [0.4, 0.5) is 5.69 Å². The number of carboxylic acid groups (broad SMARTS) is 1. The monoisotopic (exact) mass is 353 g/mol. The number of fused-ring (bicyclic) bond motifs is 1. The fraction of sp³-hybridized carbons (Fsp3) is 0.111. The maximum absolute atomic E-state index is 12.4. The Morgan fingerprint density at radius 2 is 1.85 bits per heavy atom. The van der Waals surface area contributed by atoms with Crippen molar-refractivity contribution in [3.8, 4) is 0 Å². The van der Waals surface area contributed by atoms with Crippen molar-refractivity contribution in [1.29, 1.82) is 0 Å². The highest BCUT2D eigenvalue weighted by molar-refractivity contribution is 6.00. The summed E-state index contributed by atoms with van der Waals surface area (Å²) in [5.74, 6) is -2.02. The molecule has 3 aromatic rings. The average Bonchev–Trinajstić information content (AvgIpc) is 3.04. The van der Waals surface area contributed by atoms with Crippen LogP contribution in [0.15, 0.2) is 54.7 Å². The minimum Gasteiger partial charge on any atom is -0.480 e. The number of amides is 1. The molecule has 2 aromatic carbocycles. The number of carbonyl (C=O) groups excluding carboxylic acids is 1. The Balaban J connectivity index is 1.84. The molecule has 0 bridgehead atoms. The van der Waals surface area contributed by atoms with Crippen LogP contribution in [0, 0.1) is 10.1 Å². The van der Waals surface area contributed by atoms with Crippen molar-refractivity contribution >= 4 is 28.5 Å². The zero-order valence-electron chi connectivity index (χ0n) is 13.5. The first-order chi connectivity index (χ1) is 12.5. The third-order valence-corrected chi connectivity index (χ3v) is 4.05. The number of aromatic nitrogens is 1. The number of nitrogens with one attached hydrogen (secondary N) is 2. The number of carboxylic acids is 1. The van der Waals surface area contributed by atoms with Crippen LogP contribution in [0.2, 0.25) is 0 Å². The molecule has 1 amide bonds. The number of nitro groups is 1. The number of nitrogens with zero attached hydrogens (tertiary/aromatic N) is 1. The predicted molar refractivity (Wildman–Crippen MR) is 94.0 cm³/mol. The van der Waals surface area contributed by atoms with Crippen LogP contribution in [0.1, 0.15) is 15.9 Å². The first-order valence-electron chi connectivity index (χ1n) is 7.79. The molecule has 0 spiro atoms. The van der Waals surface area contributed by atoms with Gasteiger partial charge in [-0.15, -0.1) is 0 Å². The van der Waals surface area contributed by atoms with E-state index < -0.39 is 22.8 Å². The summed E-state index contributed by atoms with van der Waals surface area (Å²) in [5, 5.41) is 23.7. The molecule has 0 aliphatic carbocycles. The Morgan fingerprint density at radius 3 is 2.58 bits per heavy atom. The van der Waals surface area contributed by atoms with Crippen molar-refractivity contribution in [1.82, 2.24) is 10.3 Å². The van der Waals surface area contributed by atoms with Gasteiger partial charge in [-0.2, -0.15) is 0 Å². The van der Waals surface area contributed by atoms with E-state index in [1.165, 1.54) is 24.3 Å². The average molecular weight is 353 g/mol. The maximum atomic E-state index is 12.4. The first kappa shape index (κ1) is 17.2.